The predicted octanol–water partition coefficient (Wildman–Crippen LogP) is 6.39. The lowest BCUT2D eigenvalue weighted by Gasteiger charge is -2.39. The third-order valence-corrected chi connectivity index (χ3v) is 5.77. The summed E-state index contributed by atoms with van der Waals surface area (Å²) in [4.78, 5) is 0. The van der Waals surface area contributed by atoms with Gasteiger partial charge in [0, 0.05) is 28.5 Å². The number of benzene rings is 1. The molecule has 0 amide bonds. The van der Waals surface area contributed by atoms with Crippen LogP contribution in [0.1, 0.15) is 23.1 Å². The van der Waals surface area contributed by atoms with Gasteiger partial charge >= 0.3 is 35.8 Å². The van der Waals surface area contributed by atoms with E-state index in [-0.39, 0.29) is 11.1 Å². The molecule has 192 valence electrons. The highest BCUT2D eigenvalue weighted by Crippen LogP contribution is 2.60. The van der Waals surface area contributed by atoms with E-state index in [2.05, 4.69) is 0 Å². The molecule has 0 saturated heterocycles. The monoisotopic (exact) mass is 530 g/mol. The largest absolute Gasteiger partial charge is 0.507 e. The van der Waals surface area contributed by atoms with E-state index in [1.54, 1.807) is 0 Å². The Morgan fingerprint density at radius 3 is 1.67 bits per heavy atom. The summed E-state index contributed by atoms with van der Waals surface area (Å²) in [5, 5.41) is 9.82. The summed E-state index contributed by atoms with van der Waals surface area (Å²) >= 11 is 0. The van der Waals surface area contributed by atoms with E-state index in [1.165, 1.54) is 26.0 Å². The summed E-state index contributed by atoms with van der Waals surface area (Å²) in [6.07, 6.45) is -10.0. The molecule has 1 unspecified atom stereocenters. The minimum Gasteiger partial charge on any atom is -0.507 e. The maximum atomic E-state index is 13.7. The van der Waals surface area contributed by atoms with Gasteiger partial charge in [-0.05, 0) is 19.4 Å². The first kappa shape index (κ1) is 29.3. The SMILES string of the molecule is Cc1cc(C)c(O)c(CS(=O)CCC(F)(F)C(F)(F)C(F)(F)C(F)(F)C(F)(F)C(F)(F)F)c1. The second kappa shape index (κ2) is 8.80. The minimum atomic E-state index is -7.96. The van der Waals surface area contributed by atoms with Crippen molar-refractivity contribution >= 4 is 10.8 Å². The van der Waals surface area contributed by atoms with Crippen LogP contribution >= 0.6 is 0 Å². The first-order valence-electron chi connectivity index (χ1n) is 8.54. The fraction of sp³-hybridized carbons (Fsp3) is 0.647. The van der Waals surface area contributed by atoms with E-state index in [9.17, 15) is 66.4 Å². The molecule has 1 rings (SSSR count). The lowest BCUT2D eigenvalue weighted by molar-refractivity contribution is -0.439. The first-order valence-corrected chi connectivity index (χ1v) is 10.0. The summed E-state index contributed by atoms with van der Waals surface area (Å²) in [6, 6.07) is 2.68. The molecule has 1 aromatic rings. The van der Waals surface area contributed by atoms with Crippen LogP contribution < -0.4 is 0 Å². The highest BCUT2D eigenvalue weighted by Gasteiger charge is 2.90. The van der Waals surface area contributed by atoms with E-state index in [1.807, 2.05) is 0 Å². The van der Waals surface area contributed by atoms with E-state index >= 15 is 0 Å². The molecule has 0 heterocycles. The maximum Gasteiger partial charge on any atom is 0.460 e. The van der Waals surface area contributed by atoms with E-state index in [4.69, 9.17) is 0 Å². The average Bonchev–Trinajstić information content (AvgIpc) is 2.62. The molecule has 1 N–H and O–H groups in total. The molecule has 16 heteroatoms. The number of phenols is 1. The zero-order valence-corrected chi connectivity index (χ0v) is 17.3. The van der Waals surface area contributed by atoms with Crippen molar-refractivity contribution in [1.29, 1.82) is 0 Å². The van der Waals surface area contributed by atoms with Crippen LogP contribution in [0.5, 0.6) is 5.75 Å². The third-order valence-electron chi connectivity index (χ3n) is 4.48. The molecule has 0 aromatic heterocycles. The number of aryl methyl sites for hydroxylation is 2. The van der Waals surface area contributed by atoms with Gasteiger partial charge in [0.2, 0.25) is 0 Å². The normalized spacial score (nSPS) is 15.6. The van der Waals surface area contributed by atoms with Crippen LogP contribution in [0.25, 0.3) is 0 Å². The molecular formula is C17H15F13O2S. The number of aromatic hydroxyl groups is 1. The van der Waals surface area contributed by atoms with Crippen molar-refractivity contribution in [3.8, 4) is 5.75 Å². The Hall–Kier alpha value is -1.74. The van der Waals surface area contributed by atoms with Crippen molar-refractivity contribution in [3.05, 3.63) is 28.8 Å². The van der Waals surface area contributed by atoms with Crippen LogP contribution in [0.3, 0.4) is 0 Å². The van der Waals surface area contributed by atoms with E-state index in [0.717, 1.165) is 0 Å². The molecule has 0 aliphatic rings. The van der Waals surface area contributed by atoms with Gasteiger partial charge < -0.3 is 5.11 Å². The molecule has 0 aliphatic carbocycles. The van der Waals surface area contributed by atoms with Gasteiger partial charge in [-0.2, -0.15) is 57.1 Å². The van der Waals surface area contributed by atoms with Crippen molar-refractivity contribution in [2.75, 3.05) is 5.75 Å². The van der Waals surface area contributed by atoms with Gasteiger partial charge in [-0.1, -0.05) is 17.7 Å². The number of halogens is 13. The van der Waals surface area contributed by atoms with Gasteiger partial charge in [0.1, 0.15) is 5.75 Å². The molecule has 1 atom stereocenters. The van der Waals surface area contributed by atoms with Gasteiger partial charge in [-0.3, -0.25) is 4.21 Å². The van der Waals surface area contributed by atoms with E-state index in [0.29, 0.717) is 5.56 Å². The van der Waals surface area contributed by atoms with Crippen molar-refractivity contribution in [1.82, 2.24) is 0 Å². The average molecular weight is 530 g/mol. The lowest BCUT2D eigenvalue weighted by atomic mass is 9.93. The Kier molecular flexibility index (Phi) is 7.81. The number of hydrogen-bond donors (Lipinski definition) is 1. The first-order chi connectivity index (χ1) is 14.4. The van der Waals surface area contributed by atoms with Crippen LogP contribution in [0.4, 0.5) is 57.1 Å². The summed E-state index contributed by atoms with van der Waals surface area (Å²) in [6.45, 7) is 2.90. The Labute approximate surface area is 180 Å². The third kappa shape index (κ3) is 5.04. The Bertz CT molecular complexity index is 894. The number of hydrogen-bond acceptors (Lipinski definition) is 2. The smallest absolute Gasteiger partial charge is 0.460 e. The summed E-state index contributed by atoms with van der Waals surface area (Å²) in [7, 11) is -2.59. The van der Waals surface area contributed by atoms with Gasteiger partial charge in [0.05, 0.1) is 5.75 Å². The molecule has 0 bridgehead atoms. The summed E-state index contributed by atoms with van der Waals surface area (Å²) in [5.41, 5.74) is 0.607. The predicted molar refractivity (Wildman–Crippen MR) is 89.7 cm³/mol. The molecule has 0 spiro atoms. The molecule has 0 fully saturated rings. The highest BCUT2D eigenvalue weighted by molar-refractivity contribution is 7.84. The van der Waals surface area contributed by atoms with Crippen LogP contribution in [-0.2, 0) is 16.6 Å². The molecule has 1 aromatic carbocycles. The van der Waals surface area contributed by atoms with Crippen LogP contribution in [-0.4, -0.2) is 50.9 Å². The van der Waals surface area contributed by atoms with Crippen molar-refractivity contribution < 1.29 is 66.4 Å². The topological polar surface area (TPSA) is 37.3 Å². The van der Waals surface area contributed by atoms with Crippen LogP contribution in [0, 0.1) is 13.8 Å². The van der Waals surface area contributed by atoms with Gasteiger partial charge in [-0.25, -0.2) is 0 Å². The molecule has 33 heavy (non-hydrogen) atoms. The minimum absolute atomic E-state index is 0.123. The Morgan fingerprint density at radius 1 is 0.758 bits per heavy atom. The Morgan fingerprint density at radius 2 is 1.21 bits per heavy atom. The quantitative estimate of drug-likeness (QED) is 0.376. The Balaban J connectivity index is 3.15. The molecular weight excluding hydrogens is 515 g/mol. The number of rotatable bonds is 9. The van der Waals surface area contributed by atoms with Crippen LogP contribution in [0.2, 0.25) is 0 Å². The van der Waals surface area contributed by atoms with Gasteiger partial charge in [0.15, 0.2) is 0 Å². The zero-order chi connectivity index (χ0) is 26.4. The number of phenolic OH excluding ortho intramolecular Hbond substituents is 1. The standard InChI is InChI=1S/C17H15F13O2S/c1-8-5-9(2)11(31)10(6-8)7-33(32)4-3-12(18,19)13(20,21)14(22,23)15(24,25)16(26,27)17(28,29)30/h5-6,31H,3-4,7H2,1-2H3. The van der Waals surface area contributed by atoms with Crippen LogP contribution in [0.15, 0.2) is 12.1 Å². The fourth-order valence-electron chi connectivity index (χ4n) is 2.60. The summed E-state index contributed by atoms with van der Waals surface area (Å²) < 4.78 is 182. The number of alkyl halides is 13. The zero-order valence-electron chi connectivity index (χ0n) is 16.5. The van der Waals surface area contributed by atoms with Gasteiger partial charge in [0.25, 0.3) is 0 Å². The van der Waals surface area contributed by atoms with Crippen molar-refractivity contribution in [3.63, 3.8) is 0 Å². The van der Waals surface area contributed by atoms with E-state index < -0.39 is 70.3 Å². The fourth-order valence-corrected chi connectivity index (χ4v) is 3.80. The maximum absolute atomic E-state index is 13.7. The molecule has 2 nitrogen and oxygen atoms in total. The second-order valence-corrected chi connectivity index (χ2v) is 8.70. The van der Waals surface area contributed by atoms with Crippen molar-refractivity contribution in [2.24, 2.45) is 0 Å². The lowest BCUT2D eigenvalue weighted by Crippen LogP contribution is -2.70. The second-order valence-electron chi connectivity index (χ2n) is 7.13. The van der Waals surface area contributed by atoms with Crippen molar-refractivity contribution in [2.45, 2.75) is 61.8 Å². The van der Waals surface area contributed by atoms with Gasteiger partial charge in [-0.15, -0.1) is 0 Å². The molecule has 0 saturated carbocycles. The molecule has 0 radical (unpaired) electrons. The molecule has 0 aliphatic heterocycles. The highest BCUT2D eigenvalue weighted by atomic mass is 32.2. The summed E-state index contributed by atoms with van der Waals surface area (Å²) in [5.74, 6) is -40.1.